The number of aromatic nitrogens is 2. The van der Waals surface area contributed by atoms with Crippen LogP contribution >= 0.6 is 0 Å². The molecular weight excluding hydrogens is 229 g/mol. The Kier molecular flexibility index (Phi) is 4.10. The predicted molar refractivity (Wildman–Crippen MR) is 70.6 cm³/mol. The zero-order valence-corrected chi connectivity index (χ0v) is 10.8. The van der Waals surface area contributed by atoms with Gasteiger partial charge < -0.3 is 5.32 Å². The van der Waals surface area contributed by atoms with Crippen LogP contribution in [0, 0.1) is 5.82 Å². The molecule has 0 bridgehead atoms. The van der Waals surface area contributed by atoms with Gasteiger partial charge in [0.25, 0.3) is 0 Å². The molecule has 1 aromatic carbocycles. The van der Waals surface area contributed by atoms with Gasteiger partial charge in [0.1, 0.15) is 5.82 Å². The summed E-state index contributed by atoms with van der Waals surface area (Å²) in [5.74, 6) is -0.206. The van der Waals surface area contributed by atoms with Crippen molar-refractivity contribution in [3.8, 4) is 11.1 Å². The lowest BCUT2D eigenvalue weighted by Crippen LogP contribution is -2.13. The van der Waals surface area contributed by atoms with Gasteiger partial charge in [-0.2, -0.15) is 5.10 Å². The Morgan fingerprint density at radius 2 is 2.22 bits per heavy atom. The summed E-state index contributed by atoms with van der Waals surface area (Å²) in [7, 11) is 1.83. The Balaban J connectivity index is 2.21. The van der Waals surface area contributed by atoms with E-state index in [1.54, 1.807) is 10.9 Å². The highest BCUT2D eigenvalue weighted by atomic mass is 19.1. The average molecular weight is 247 g/mol. The zero-order chi connectivity index (χ0) is 13.0. The van der Waals surface area contributed by atoms with Crippen LogP contribution in [0.4, 0.5) is 4.39 Å². The van der Waals surface area contributed by atoms with E-state index in [1.165, 1.54) is 6.07 Å². The molecule has 1 aromatic heterocycles. The van der Waals surface area contributed by atoms with Crippen molar-refractivity contribution in [2.75, 3.05) is 6.54 Å². The third kappa shape index (κ3) is 2.96. The van der Waals surface area contributed by atoms with Crippen LogP contribution in [0.3, 0.4) is 0 Å². The van der Waals surface area contributed by atoms with Crippen LogP contribution in [0.15, 0.2) is 30.6 Å². The van der Waals surface area contributed by atoms with Gasteiger partial charge >= 0.3 is 0 Å². The van der Waals surface area contributed by atoms with E-state index < -0.39 is 0 Å². The fourth-order valence-electron chi connectivity index (χ4n) is 1.87. The molecule has 0 fully saturated rings. The Hall–Kier alpha value is -1.68. The Labute approximate surface area is 107 Å². The highest BCUT2D eigenvalue weighted by Gasteiger charge is 2.07. The smallest absolute Gasteiger partial charge is 0.131 e. The van der Waals surface area contributed by atoms with Gasteiger partial charge in [-0.15, -0.1) is 0 Å². The molecule has 0 saturated carbocycles. The number of hydrogen-bond acceptors (Lipinski definition) is 2. The van der Waals surface area contributed by atoms with Crippen molar-refractivity contribution in [2.45, 2.75) is 19.9 Å². The van der Waals surface area contributed by atoms with Crippen LogP contribution in [0.2, 0.25) is 0 Å². The lowest BCUT2D eigenvalue weighted by atomic mass is 10.1. The van der Waals surface area contributed by atoms with Gasteiger partial charge in [0.05, 0.1) is 6.20 Å². The first-order valence-corrected chi connectivity index (χ1v) is 6.19. The molecule has 0 spiro atoms. The Morgan fingerprint density at radius 3 is 2.89 bits per heavy atom. The van der Waals surface area contributed by atoms with Crippen LogP contribution in [0.1, 0.15) is 18.9 Å². The molecule has 3 nitrogen and oxygen atoms in total. The molecular formula is C14H18FN3. The maximum Gasteiger partial charge on any atom is 0.131 e. The Bertz CT molecular complexity index is 520. The maximum atomic E-state index is 13.8. The molecule has 0 saturated heterocycles. The van der Waals surface area contributed by atoms with Gasteiger partial charge in [0.2, 0.25) is 0 Å². The molecule has 18 heavy (non-hydrogen) atoms. The molecule has 0 amide bonds. The highest BCUT2D eigenvalue weighted by molar-refractivity contribution is 5.63. The van der Waals surface area contributed by atoms with Crippen LogP contribution in [-0.2, 0) is 13.6 Å². The van der Waals surface area contributed by atoms with Crippen LogP contribution in [-0.4, -0.2) is 16.3 Å². The summed E-state index contributed by atoms with van der Waals surface area (Å²) in [5.41, 5.74) is 2.51. The molecule has 2 rings (SSSR count). The average Bonchev–Trinajstić information content (AvgIpc) is 2.78. The molecule has 0 aliphatic heterocycles. The van der Waals surface area contributed by atoms with Crippen molar-refractivity contribution in [3.05, 3.63) is 42.0 Å². The van der Waals surface area contributed by atoms with Crippen molar-refractivity contribution < 1.29 is 4.39 Å². The molecule has 4 heteroatoms. The summed E-state index contributed by atoms with van der Waals surface area (Å²) >= 11 is 0. The zero-order valence-electron chi connectivity index (χ0n) is 10.8. The minimum Gasteiger partial charge on any atom is -0.313 e. The summed E-state index contributed by atoms with van der Waals surface area (Å²) < 4.78 is 15.5. The summed E-state index contributed by atoms with van der Waals surface area (Å²) in [6, 6.07) is 5.22. The van der Waals surface area contributed by atoms with Crippen molar-refractivity contribution >= 4 is 0 Å². The molecule has 0 atom stereocenters. The van der Waals surface area contributed by atoms with E-state index in [1.807, 2.05) is 25.4 Å². The van der Waals surface area contributed by atoms with Gasteiger partial charge in [-0.05, 0) is 30.7 Å². The van der Waals surface area contributed by atoms with Crippen molar-refractivity contribution in [2.24, 2.45) is 7.05 Å². The normalized spacial score (nSPS) is 10.8. The molecule has 0 radical (unpaired) electrons. The molecule has 0 aliphatic carbocycles. The lowest BCUT2D eigenvalue weighted by molar-refractivity contribution is 0.628. The largest absolute Gasteiger partial charge is 0.313 e. The van der Waals surface area contributed by atoms with Crippen molar-refractivity contribution in [1.82, 2.24) is 15.1 Å². The van der Waals surface area contributed by atoms with E-state index in [0.717, 1.165) is 30.6 Å². The van der Waals surface area contributed by atoms with E-state index in [-0.39, 0.29) is 5.82 Å². The number of nitrogens with zero attached hydrogens (tertiary/aromatic N) is 2. The summed E-state index contributed by atoms with van der Waals surface area (Å²) in [6.07, 6.45) is 4.60. The number of halogens is 1. The molecule has 96 valence electrons. The van der Waals surface area contributed by atoms with E-state index >= 15 is 0 Å². The fourth-order valence-corrected chi connectivity index (χ4v) is 1.87. The van der Waals surface area contributed by atoms with Crippen LogP contribution in [0.5, 0.6) is 0 Å². The van der Waals surface area contributed by atoms with Gasteiger partial charge in [-0.3, -0.25) is 4.68 Å². The summed E-state index contributed by atoms with van der Waals surface area (Å²) in [5, 5.41) is 7.38. The van der Waals surface area contributed by atoms with Crippen LogP contribution in [0.25, 0.3) is 11.1 Å². The highest BCUT2D eigenvalue weighted by Crippen LogP contribution is 2.23. The lowest BCUT2D eigenvalue weighted by Gasteiger charge is -2.06. The van der Waals surface area contributed by atoms with Gasteiger partial charge in [-0.25, -0.2) is 4.39 Å². The topological polar surface area (TPSA) is 29.9 Å². The van der Waals surface area contributed by atoms with E-state index in [2.05, 4.69) is 17.3 Å². The standard InChI is InChI=1S/C14H18FN3/c1-3-6-16-8-11-4-5-14(15)13(7-11)12-9-17-18(2)10-12/h4-5,7,9-10,16H,3,6,8H2,1-2H3. The minimum atomic E-state index is -0.206. The fraction of sp³-hybridized carbons (Fsp3) is 0.357. The predicted octanol–water partition coefficient (Wildman–Crippen LogP) is 2.73. The number of rotatable bonds is 5. The first-order chi connectivity index (χ1) is 8.70. The number of hydrogen-bond donors (Lipinski definition) is 1. The second-order valence-electron chi connectivity index (χ2n) is 4.39. The van der Waals surface area contributed by atoms with E-state index in [0.29, 0.717) is 5.56 Å². The number of benzene rings is 1. The van der Waals surface area contributed by atoms with Gasteiger partial charge in [-0.1, -0.05) is 13.0 Å². The second kappa shape index (κ2) is 5.78. The number of aryl methyl sites for hydroxylation is 1. The van der Waals surface area contributed by atoms with Crippen molar-refractivity contribution in [1.29, 1.82) is 0 Å². The summed E-state index contributed by atoms with van der Waals surface area (Å²) in [6.45, 7) is 3.86. The quantitative estimate of drug-likeness (QED) is 0.823. The van der Waals surface area contributed by atoms with Gasteiger partial charge in [0, 0.05) is 30.9 Å². The van der Waals surface area contributed by atoms with E-state index in [9.17, 15) is 4.39 Å². The Morgan fingerprint density at radius 1 is 1.39 bits per heavy atom. The van der Waals surface area contributed by atoms with Gasteiger partial charge in [0.15, 0.2) is 0 Å². The van der Waals surface area contributed by atoms with Crippen molar-refractivity contribution in [3.63, 3.8) is 0 Å². The first kappa shape index (κ1) is 12.8. The molecule has 1 N–H and O–H groups in total. The third-order valence-electron chi connectivity index (χ3n) is 2.80. The monoisotopic (exact) mass is 247 g/mol. The number of nitrogens with one attached hydrogen (secondary N) is 1. The second-order valence-corrected chi connectivity index (χ2v) is 4.39. The molecule has 0 aliphatic rings. The molecule has 2 aromatic rings. The first-order valence-electron chi connectivity index (χ1n) is 6.19. The van der Waals surface area contributed by atoms with E-state index in [4.69, 9.17) is 0 Å². The minimum absolute atomic E-state index is 0.206. The SMILES string of the molecule is CCCNCc1ccc(F)c(-c2cnn(C)c2)c1. The summed E-state index contributed by atoms with van der Waals surface area (Å²) in [4.78, 5) is 0. The van der Waals surface area contributed by atoms with Crippen LogP contribution < -0.4 is 5.32 Å². The maximum absolute atomic E-state index is 13.8. The molecule has 1 heterocycles. The third-order valence-corrected chi connectivity index (χ3v) is 2.80. The molecule has 0 unspecified atom stereocenters.